The Kier molecular flexibility index (Phi) is 4.16. The van der Waals surface area contributed by atoms with Crippen molar-refractivity contribution in [3.05, 3.63) is 30.3 Å². The second kappa shape index (κ2) is 6.08. The number of para-hydroxylation sites is 1. The summed E-state index contributed by atoms with van der Waals surface area (Å²) in [7, 11) is 0. The molecule has 22 heavy (non-hydrogen) atoms. The van der Waals surface area contributed by atoms with Gasteiger partial charge in [0.15, 0.2) is 0 Å². The number of amides is 2. The van der Waals surface area contributed by atoms with E-state index in [9.17, 15) is 14.7 Å². The molecule has 0 bridgehead atoms. The average molecular weight is 302 g/mol. The van der Waals surface area contributed by atoms with E-state index in [0.29, 0.717) is 13.1 Å². The van der Waals surface area contributed by atoms with E-state index >= 15 is 0 Å². The molecule has 2 amide bonds. The maximum atomic E-state index is 12.3. The van der Waals surface area contributed by atoms with Gasteiger partial charge < -0.3 is 15.3 Å². The third kappa shape index (κ3) is 3.14. The maximum absolute atomic E-state index is 12.3. The topological polar surface area (TPSA) is 69.6 Å². The molecule has 2 fully saturated rings. The molecule has 3 rings (SSSR count). The molecule has 1 saturated heterocycles. The minimum Gasteiger partial charge on any atom is -0.388 e. The second-order valence-electron chi connectivity index (χ2n) is 6.39. The first-order valence-electron chi connectivity index (χ1n) is 7.93. The number of anilines is 1. The molecule has 1 unspecified atom stereocenters. The van der Waals surface area contributed by atoms with E-state index in [0.717, 1.165) is 31.4 Å². The number of benzene rings is 1. The molecular formula is C17H22N2O3. The van der Waals surface area contributed by atoms with Gasteiger partial charge in [0, 0.05) is 25.2 Å². The summed E-state index contributed by atoms with van der Waals surface area (Å²) in [5.41, 5.74) is 0.0782. The first-order chi connectivity index (χ1) is 10.6. The van der Waals surface area contributed by atoms with Crippen LogP contribution in [0.15, 0.2) is 30.3 Å². The Morgan fingerprint density at radius 3 is 2.64 bits per heavy atom. The Morgan fingerprint density at radius 2 is 1.95 bits per heavy atom. The van der Waals surface area contributed by atoms with Crippen molar-refractivity contribution >= 4 is 17.5 Å². The van der Waals surface area contributed by atoms with Gasteiger partial charge in [-0.05, 0) is 25.0 Å². The summed E-state index contributed by atoms with van der Waals surface area (Å²) in [6.07, 6.45) is 3.74. The van der Waals surface area contributed by atoms with E-state index in [1.54, 1.807) is 4.90 Å². The highest BCUT2D eigenvalue weighted by molar-refractivity contribution is 6.00. The summed E-state index contributed by atoms with van der Waals surface area (Å²) in [6, 6.07) is 9.41. The van der Waals surface area contributed by atoms with Crippen molar-refractivity contribution in [2.24, 2.45) is 5.92 Å². The second-order valence-corrected chi connectivity index (χ2v) is 6.39. The molecule has 5 nitrogen and oxygen atoms in total. The molecule has 1 atom stereocenters. The van der Waals surface area contributed by atoms with Crippen LogP contribution >= 0.6 is 0 Å². The van der Waals surface area contributed by atoms with Crippen LogP contribution in [-0.2, 0) is 9.59 Å². The van der Waals surface area contributed by atoms with Crippen LogP contribution in [0.5, 0.6) is 0 Å². The van der Waals surface area contributed by atoms with Crippen LogP contribution in [0.4, 0.5) is 5.69 Å². The van der Waals surface area contributed by atoms with Gasteiger partial charge in [-0.15, -0.1) is 0 Å². The monoisotopic (exact) mass is 302 g/mol. The zero-order valence-corrected chi connectivity index (χ0v) is 12.6. The van der Waals surface area contributed by atoms with Gasteiger partial charge in [-0.25, -0.2) is 0 Å². The highest BCUT2D eigenvalue weighted by Gasteiger charge is 2.37. The van der Waals surface area contributed by atoms with Crippen LogP contribution in [0.1, 0.15) is 32.1 Å². The minimum atomic E-state index is -0.753. The smallest absolute Gasteiger partial charge is 0.227 e. The first-order valence-corrected chi connectivity index (χ1v) is 7.93. The van der Waals surface area contributed by atoms with Crippen LogP contribution in [0.25, 0.3) is 0 Å². The third-order valence-corrected chi connectivity index (χ3v) is 4.69. The van der Waals surface area contributed by atoms with Gasteiger partial charge in [0.2, 0.25) is 11.8 Å². The number of rotatable bonds is 4. The largest absolute Gasteiger partial charge is 0.388 e. The summed E-state index contributed by atoms with van der Waals surface area (Å²) in [5, 5.41) is 13.1. The number of nitrogens with one attached hydrogen (secondary N) is 1. The van der Waals surface area contributed by atoms with E-state index in [1.807, 2.05) is 30.3 Å². The van der Waals surface area contributed by atoms with Crippen LogP contribution in [0, 0.1) is 5.92 Å². The molecule has 1 aliphatic heterocycles. The number of aliphatic hydroxyl groups is 1. The van der Waals surface area contributed by atoms with Gasteiger partial charge in [0.1, 0.15) is 0 Å². The van der Waals surface area contributed by atoms with Crippen molar-refractivity contribution in [2.45, 2.75) is 37.7 Å². The van der Waals surface area contributed by atoms with Gasteiger partial charge >= 0.3 is 0 Å². The Morgan fingerprint density at radius 1 is 1.27 bits per heavy atom. The molecule has 118 valence electrons. The summed E-state index contributed by atoms with van der Waals surface area (Å²) in [5.74, 6) is -0.490. The summed E-state index contributed by atoms with van der Waals surface area (Å²) in [4.78, 5) is 26.0. The Labute approximate surface area is 130 Å². The lowest BCUT2D eigenvalue weighted by Gasteiger charge is -2.23. The van der Waals surface area contributed by atoms with Gasteiger partial charge in [0.05, 0.1) is 11.5 Å². The fraction of sp³-hybridized carbons (Fsp3) is 0.529. The molecule has 5 heteroatoms. The summed E-state index contributed by atoms with van der Waals surface area (Å²) < 4.78 is 0. The van der Waals surface area contributed by atoms with E-state index in [2.05, 4.69) is 5.32 Å². The van der Waals surface area contributed by atoms with E-state index in [-0.39, 0.29) is 24.2 Å². The van der Waals surface area contributed by atoms with Gasteiger partial charge in [-0.2, -0.15) is 0 Å². The number of hydrogen-bond donors (Lipinski definition) is 2. The van der Waals surface area contributed by atoms with Crippen LogP contribution in [0.2, 0.25) is 0 Å². The summed E-state index contributed by atoms with van der Waals surface area (Å²) >= 11 is 0. The van der Waals surface area contributed by atoms with E-state index < -0.39 is 5.60 Å². The van der Waals surface area contributed by atoms with Gasteiger partial charge in [-0.1, -0.05) is 31.0 Å². The maximum Gasteiger partial charge on any atom is 0.227 e. The Balaban J connectivity index is 1.57. The standard InChI is InChI=1S/C17H22N2O3/c20-15-10-13(11-19(15)14-6-2-1-3-7-14)16(21)18-12-17(22)8-4-5-9-17/h1-3,6-7,13,22H,4-5,8-12H2,(H,18,21). The lowest BCUT2D eigenvalue weighted by Crippen LogP contribution is -2.43. The number of carbonyl (C=O) groups is 2. The quantitative estimate of drug-likeness (QED) is 0.884. The molecule has 0 aromatic heterocycles. The van der Waals surface area contributed by atoms with Crippen molar-refractivity contribution in [3.8, 4) is 0 Å². The number of carbonyl (C=O) groups excluding carboxylic acids is 2. The van der Waals surface area contributed by atoms with Crippen molar-refractivity contribution < 1.29 is 14.7 Å². The molecular weight excluding hydrogens is 280 g/mol. The number of hydrogen-bond acceptors (Lipinski definition) is 3. The highest BCUT2D eigenvalue weighted by atomic mass is 16.3. The molecule has 1 aromatic carbocycles. The minimum absolute atomic E-state index is 0.0223. The summed E-state index contributed by atoms with van der Waals surface area (Å²) in [6.45, 7) is 0.703. The fourth-order valence-corrected chi connectivity index (χ4v) is 3.35. The van der Waals surface area contributed by atoms with Crippen LogP contribution in [-0.4, -0.2) is 35.6 Å². The Bertz CT molecular complexity index is 552. The average Bonchev–Trinajstić information content (AvgIpc) is 3.13. The SMILES string of the molecule is O=C(NCC1(O)CCCC1)C1CC(=O)N(c2ccccc2)C1. The predicted molar refractivity (Wildman–Crippen MR) is 83.3 cm³/mol. The molecule has 2 aliphatic rings. The predicted octanol–water partition coefficient (Wildman–Crippen LogP) is 1.46. The van der Waals surface area contributed by atoms with Gasteiger partial charge in [0.25, 0.3) is 0 Å². The third-order valence-electron chi connectivity index (χ3n) is 4.69. The van der Waals surface area contributed by atoms with Crippen LogP contribution in [0.3, 0.4) is 0 Å². The van der Waals surface area contributed by atoms with E-state index in [4.69, 9.17) is 0 Å². The van der Waals surface area contributed by atoms with Crippen molar-refractivity contribution in [1.82, 2.24) is 5.32 Å². The lowest BCUT2D eigenvalue weighted by atomic mass is 10.0. The number of nitrogens with zero attached hydrogens (tertiary/aromatic N) is 1. The zero-order valence-electron chi connectivity index (χ0n) is 12.6. The normalized spacial score (nSPS) is 23.8. The molecule has 1 aliphatic carbocycles. The molecule has 2 N–H and O–H groups in total. The molecule has 1 heterocycles. The van der Waals surface area contributed by atoms with Crippen molar-refractivity contribution in [3.63, 3.8) is 0 Å². The van der Waals surface area contributed by atoms with Crippen LogP contribution < -0.4 is 10.2 Å². The highest BCUT2D eigenvalue weighted by Crippen LogP contribution is 2.29. The molecule has 0 spiro atoms. The first kappa shape index (κ1) is 15.0. The lowest BCUT2D eigenvalue weighted by molar-refractivity contribution is -0.127. The van der Waals surface area contributed by atoms with Crippen molar-refractivity contribution in [2.75, 3.05) is 18.0 Å². The molecule has 1 saturated carbocycles. The van der Waals surface area contributed by atoms with Crippen molar-refractivity contribution in [1.29, 1.82) is 0 Å². The molecule has 0 radical (unpaired) electrons. The Hall–Kier alpha value is -1.88. The zero-order chi connectivity index (χ0) is 15.6. The fourth-order valence-electron chi connectivity index (χ4n) is 3.35. The van der Waals surface area contributed by atoms with E-state index in [1.165, 1.54) is 0 Å². The van der Waals surface area contributed by atoms with Gasteiger partial charge in [-0.3, -0.25) is 9.59 Å². The molecule has 1 aromatic rings.